The number of nitrogens with one attached hydrogen (secondary N) is 1. The lowest BCUT2D eigenvalue weighted by Crippen LogP contribution is -2.11. The highest BCUT2D eigenvalue weighted by molar-refractivity contribution is 6.31. The smallest absolute Gasteiger partial charge is 0.138 e. The van der Waals surface area contributed by atoms with E-state index in [4.69, 9.17) is 11.6 Å². The highest BCUT2D eigenvalue weighted by Gasteiger charge is 2.24. The van der Waals surface area contributed by atoms with E-state index in [0.717, 1.165) is 23.4 Å². The first-order chi connectivity index (χ1) is 10.1. The number of ketones is 1. The number of halogens is 1. The zero-order valence-electron chi connectivity index (χ0n) is 12.0. The number of rotatable bonds is 4. The number of carbonyl (C=O) groups excluding carboxylic acids is 1. The van der Waals surface area contributed by atoms with Crippen LogP contribution >= 0.6 is 11.6 Å². The van der Waals surface area contributed by atoms with Gasteiger partial charge in [0.25, 0.3) is 0 Å². The minimum atomic E-state index is 0.240. The monoisotopic (exact) mass is 299 g/mol. The molecule has 0 fully saturated rings. The molecule has 0 bridgehead atoms. The standard InChI is InChI=1S/C18H18ClNO/c1-12-6-7-13(17(19)8-12)9-15(21)10-14-11-20-18-5-3-2-4-16(14)18/h2-8,14,20H,9-11H2,1H3. The molecule has 0 saturated heterocycles. The van der Waals surface area contributed by atoms with Crippen molar-refractivity contribution in [2.75, 3.05) is 11.9 Å². The highest BCUT2D eigenvalue weighted by atomic mass is 35.5. The maximum absolute atomic E-state index is 12.3. The average molecular weight is 300 g/mol. The van der Waals surface area contributed by atoms with Gasteiger partial charge in [-0.1, -0.05) is 41.9 Å². The minimum Gasteiger partial charge on any atom is -0.384 e. The third-order valence-electron chi connectivity index (χ3n) is 4.01. The molecule has 0 spiro atoms. The van der Waals surface area contributed by atoms with E-state index in [2.05, 4.69) is 17.4 Å². The third kappa shape index (κ3) is 3.11. The number of anilines is 1. The van der Waals surface area contributed by atoms with Crippen LogP contribution in [0.1, 0.15) is 29.0 Å². The predicted molar refractivity (Wildman–Crippen MR) is 87.2 cm³/mol. The van der Waals surface area contributed by atoms with Gasteiger partial charge in [0.15, 0.2) is 0 Å². The van der Waals surface area contributed by atoms with Gasteiger partial charge in [0.05, 0.1) is 0 Å². The summed E-state index contributed by atoms with van der Waals surface area (Å²) in [6, 6.07) is 14.1. The summed E-state index contributed by atoms with van der Waals surface area (Å²) < 4.78 is 0. The molecule has 3 rings (SSSR count). The second-order valence-corrected chi connectivity index (χ2v) is 6.09. The lowest BCUT2D eigenvalue weighted by molar-refractivity contribution is -0.118. The van der Waals surface area contributed by atoms with E-state index in [1.807, 2.05) is 37.3 Å². The van der Waals surface area contributed by atoms with Gasteiger partial charge in [0, 0.05) is 36.0 Å². The Hall–Kier alpha value is -1.80. The van der Waals surface area contributed by atoms with E-state index in [1.165, 1.54) is 5.56 Å². The summed E-state index contributed by atoms with van der Waals surface area (Å²) >= 11 is 6.21. The van der Waals surface area contributed by atoms with E-state index in [-0.39, 0.29) is 11.7 Å². The molecule has 1 heterocycles. The molecular weight excluding hydrogens is 282 g/mol. The van der Waals surface area contributed by atoms with Crippen LogP contribution in [0.25, 0.3) is 0 Å². The van der Waals surface area contributed by atoms with Crippen LogP contribution in [0, 0.1) is 6.92 Å². The zero-order valence-corrected chi connectivity index (χ0v) is 12.8. The molecular formula is C18H18ClNO. The number of hydrogen-bond donors (Lipinski definition) is 1. The second-order valence-electron chi connectivity index (χ2n) is 5.68. The van der Waals surface area contributed by atoms with Crippen LogP contribution in [0.15, 0.2) is 42.5 Å². The Morgan fingerprint density at radius 3 is 2.90 bits per heavy atom. The highest BCUT2D eigenvalue weighted by Crippen LogP contribution is 2.33. The Labute approximate surface area is 130 Å². The van der Waals surface area contributed by atoms with Crippen molar-refractivity contribution in [1.29, 1.82) is 0 Å². The molecule has 1 aliphatic rings. The molecule has 1 N–H and O–H groups in total. The van der Waals surface area contributed by atoms with Crippen molar-refractivity contribution in [3.05, 3.63) is 64.2 Å². The maximum atomic E-state index is 12.3. The Kier molecular flexibility index (Phi) is 3.98. The Bertz CT molecular complexity index is 681. The van der Waals surface area contributed by atoms with Gasteiger partial charge in [-0.05, 0) is 35.7 Å². The summed E-state index contributed by atoms with van der Waals surface area (Å²) in [5, 5.41) is 4.05. The molecule has 108 valence electrons. The number of fused-ring (bicyclic) bond motifs is 1. The molecule has 0 aromatic heterocycles. The normalized spacial score (nSPS) is 16.4. The van der Waals surface area contributed by atoms with Gasteiger partial charge >= 0.3 is 0 Å². The quantitative estimate of drug-likeness (QED) is 0.909. The molecule has 21 heavy (non-hydrogen) atoms. The molecule has 0 radical (unpaired) electrons. The van der Waals surface area contributed by atoms with Crippen LogP contribution in [0.3, 0.4) is 0 Å². The van der Waals surface area contributed by atoms with Crippen LogP contribution < -0.4 is 5.32 Å². The van der Waals surface area contributed by atoms with Gasteiger partial charge < -0.3 is 5.32 Å². The minimum absolute atomic E-state index is 0.240. The summed E-state index contributed by atoms with van der Waals surface area (Å²) in [6.07, 6.45) is 0.978. The molecule has 2 aromatic rings. The molecule has 1 unspecified atom stereocenters. The SMILES string of the molecule is Cc1ccc(CC(=O)CC2CNc3ccccc32)c(Cl)c1. The summed E-state index contributed by atoms with van der Waals surface area (Å²) in [7, 11) is 0. The zero-order chi connectivity index (χ0) is 14.8. The van der Waals surface area contributed by atoms with Crippen LogP contribution in [0.5, 0.6) is 0 Å². The van der Waals surface area contributed by atoms with Crippen LogP contribution in [0.4, 0.5) is 5.69 Å². The fourth-order valence-corrected chi connectivity index (χ4v) is 3.20. The average Bonchev–Trinajstić information content (AvgIpc) is 2.85. The Morgan fingerprint density at radius 2 is 2.10 bits per heavy atom. The van der Waals surface area contributed by atoms with Gasteiger partial charge in [-0.25, -0.2) is 0 Å². The van der Waals surface area contributed by atoms with Crippen molar-refractivity contribution in [3.8, 4) is 0 Å². The first kappa shape index (κ1) is 14.2. The van der Waals surface area contributed by atoms with E-state index < -0.39 is 0 Å². The number of Topliss-reactive ketones (excluding diaryl/α,β-unsaturated/α-hetero) is 1. The van der Waals surface area contributed by atoms with Crippen LogP contribution in [0.2, 0.25) is 5.02 Å². The van der Waals surface area contributed by atoms with Gasteiger partial charge in [0.1, 0.15) is 5.78 Å². The third-order valence-corrected chi connectivity index (χ3v) is 4.36. The summed E-state index contributed by atoms with van der Waals surface area (Å²) in [5.41, 5.74) is 4.45. The van der Waals surface area contributed by atoms with Gasteiger partial charge in [0.2, 0.25) is 0 Å². The number of carbonyl (C=O) groups is 1. The van der Waals surface area contributed by atoms with E-state index in [1.54, 1.807) is 0 Å². The maximum Gasteiger partial charge on any atom is 0.138 e. The molecule has 0 saturated carbocycles. The molecule has 2 aromatic carbocycles. The Balaban J connectivity index is 1.68. The molecule has 3 heteroatoms. The lowest BCUT2D eigenvalue weighted by atomic mass is 9.93. The van der Waals surface area contributed by atoms with Crippen LogP contribution in [-0.4, -0.2) is 12.3 Å². The van der Waals surface area contributed by atoms with Crippen molar-refractivity contribution in [2.45, 2.75) is 25.7 Å². The molecule has 1 aliphatic heterocycles. The Morgan fingerprint density at radius 1 is 1.29 bits per heavy atom. The van der Waals surface area contributed by atoms with Gasteiger partial charge in [-0.15, -0.1) is 0 Å². The molecule has 2 nitrogen and oxygen atoms in total. The second kappa shape index (κ2) is 5.90. The summed E-state index contributed by atoms with van der Waals surface area (Å²) in [6.45, 7) is 2.84. The summed E-state index contributed by atoms with van der Waals surface area (Å²) in [5.74, 6) is 0.516. The fraction of sp³-hybridized carbons (Fsp3) is 0.278. The van der Waals surface area contributed by atoms with Crippen molar-refractivity contribution < 1.29 is 4.79 Å². The molecule has 0 aliphatic carbocycles. The molecule has 1 atom stereocenters. The van der Waals surface area contributed by atoms with Crippen molar-refractivity contribution in [1.82, 2.24) is 0 Å². The molecule has 0 amide bonds. The van der Waals surface area contributed by atoms with Crippen molar-refractivity contribution in [2.24, 2.45) is 0 Å². The largest absolute Gasteiger partial charge is 0.384 e. The van der Waals surface area contributed by atoms with E-state index >= 15 is 0 Å². The number of benzene rings is 2. The number of hydrogen-bond acceptors (Lipinski definition) is 2. The lowest BCUT2D eigenvalue weighted by Gasteiger charge is -2.10. The van der Waals surface area contributed by atoms with E-state index in [0.29, 0.717) is 17.9 Å². The van der Waals surface area contributed by atoms with E-state index in [9.17, 15) is 4.79 Å². The van der Waals surface area contributed by atoms with Crippen molar-refractivity contribution >= 4 is 23.1 Å². The van der Waals surface area contributed by atoms with Gasteiger partial charge in [-0.3, -0.25) is 4.79 Å². The van der Waals surface area contributed by atoms with Crippen molar-refractivity contribution in [3.63, 3.8) is 0 Å². The number of aryl methyl sites for hydroxylation is 1. The first-order valence-electron chi connectivity index (χ1n) is 7.23. The topological polar surface area (TPSA) is 29.1 Å². The fourth-order valence-electron chi connectivity index (χ4n) is 2.89. The summed E-state index contributed by atoms with van der Waals surface area (Å²) in [4.78, 5) is 12.3. The first-order valence-corrected chi connectivity index (χ1v) is 7.61. The predicted octanol–water partition coefficient (Wildman–Crippen LogP) is 4.36. The van der Waals surface area contributed by atoms with Gasteiger partial charge in [-0.2, -0.15) is 0 Å². The van der Waals surface area contributed by atoms with Crippen LogP contribution in [-0.2, 0) is 11.2 Å². The number of para-hydroxylation sites is 1.